The molecule has 2 rings (SSSR count). The van der Waals surface area contributed by atoms with E-state index >= 15 is 0 Å². The molecule has 14 heavy (non-hydrogen) atoms. The predicted octanol–water partition coefficient (Wildman–Crippen LogP) is 0.973. The number of aryl methyl sites for hydroxylation is 1. The van der Waals surface area contributed by atoms with Crippen LogP contribution in [0.4, 0.5) is 0 Å². The molecule has 0 aromatic carbocycles. The zero-order valence-electron chi connectivity index (χ0n) is 8.60. The second kappa shape index (κ2) is 3.52. The molecule has 4 heteroatoms. The lowest BCUT2D eigenvalue weighted by atomic mass is 9.98. The fourth-order valence-corrected chi connectivity index (χ4v) is 1.66. The van der Waals surface area contributed by atoms with Crippen LogP contribution in [-0.4, -0.2) is 20.5 Å². The van der Waals surface area contributed by atoms with E-state index in [-0.39, 0.29) is 5.92 Å². The number of rotatable bonds is 4. The van der Waals surface area contributed by atoms with Crippen molar-refractivity contribution in [3.8, 4) is 0 Å². The number of hydrogen-bond acceptors (Lipinski definition) is 3. The summed E-state index contributed by atoms with van der Waals surface area (Å²) in [5, 5.41) is 3.94. The molecule has 0 aliphatic heterocycles. The first kappa shape index (κ1) is 9.37. The van der Waals surface area contributed by atoms with Gasteiger partial charge in [0.1, 0.15) is 17.9 Å². The van der Waals surface area contributed by atoms with Gasteiger partial charge in [0.2, 0.25) is 0 Å². The Morgan fingerprint density at radius 3 is 2.93 bits per heavy atom. The molecular weight excluding hydrogens is 178 g/mol. The normalized spacial score (nSPS) is 18.1. The highest BCUT2D eigenvalue weighted by molar-refractivity contribution is 5.82. The SMILES string of the molecule is CC(C(=O)Cc1ncnn1C)C1CC1. The zero-order chi connectivity index (χ0) is 10.1. The molecule has 1 aromatic heterocycles. The number of carbonyl (C=O) groups is 1. The van der Waals surface area contributed by atoms with Crippen LogP contribution < -0.4 is 0 Å². The molecular formula is C10H15N3O. The first-order valence-electron chi connectivity index (χ1n) is 5.04. The number of ketones is 1. The molecule has 1 fully saturated rings. The Morgan fingerprint density at radius 1 is 1.71 bits per heavy atom. The molecule has 76 valence electrons. The lowest BCUT2D eigenvalue weighted by molar-refractivity contribution is -0.122. The Kier molecular flexibility index (Phi) is 2.35. The van der Waals surface area contributed by atoms with Crippen molar-refractivity contribution in [3.63, 3.8) is 0 Å². The van der Waals surface area contributed by atoms with Gasteiger partial charge in [0, 0.05) is 13.0 Å². The Hall–Kier alpha value is -1.19. The van der Waals surface area contributed by atoms with Gasteiger partial charge in [-0.05, 0) is 18.8 Å². The number of nitrogens with zero attached hydrogens (tertiary/aromatic N) is 3. The van der Waals surface area contributed by atoms with E-state index in [1.54, 1.807) is 4.68 Å². The van der Waals surface area contributed by atoms with Crippen molar-refractivity contribution in [2.45, 2.75) is 26.2 Å². The van der Waals surface area contributed by atoms with Crippen molar-refractivity contribution in [1.29, 1.82) is 0 Å². The largest absolute Gasteiger partial charge is 0.299 e. The highest BCUT2D eigenvalue weighted by Crippen LogP contribution is 2.37. The van der Waals surface area contributed by atoms with Crippen LogP contribution in [-0.2, 0) is 18.3 Å². The van der Waals surface area contributed by atoms with Gasteiger partial charge in [-0.1, -0.05) is 6.92 Å². The first-order chi connectivity index (χ1) is 6.68. The van der Waals surface area contributed by atoms with Crippen LogP contribution in [0.1, 0.15) is 25.6 Å². The van der Waals surface area contributed by atoms with E-state index in [0.717, 1.165) is 5.82 Å². The van der Waals surface area contributed by atoms with Gasteiger partial charge < -0.3 is 0 Å². The Morgan fingerprint density at radius 2 is 2.43 bits per heavy atom. The Labute approximate surface area is 83.3 Å². The van der Waals surface area contributed by atoms with Crippen molar-refractivity contribution in [3.05, 3.63) is 12.2 Å². The van der Waals surface area contributed by atoms with Crippen LogP contribution in [0.5, 0.6) is 0 Å². The predicted molar refractivity (Wildman–Crippen MR) is 51.6 cm³/mol. The molecule has 1 aliphatic carbocycles. The molecule has 0 saturated heterocycles. The third kappa shape index (κ3) is 1.84. The van der Waals surface area contributed by atoms with Crippen molar-refractivity contribution in [2.24, 2.45) is 18.9 Å². The summed E-state index contributed by atoms with van der Waals surface area (Å²) in [4.78, 5) is 15.8. The van der Waals surface area contributed by atoms with E-state index in [0.29, 0.717) is 18.1 Å². The summed E-state index contributed by atoms with van der Waals surface area (Å²) < 4.78 is 1.66. The van der Waals surface area contributed by atoms with Crippen molar-refractivity contribution in [2.75, 3.05) is 0 Å². The van der Waals surface area contributed by atoms with Gasteiger partial charge >= 0.3 is 0 Å². The highest BCUT2D eigenvalue weighted by Gasteiger charge is 2.32. The number of Topliss-reactive ketones (excluding diaryl/α,β-unsaturated/α-hetero) is 1. The van der Waals surface area contributed by atoms with Crippen molar-refractivity contribution < 1.29 is 4.79 Å². The third-order valence-corrected chi connectivity index (χ3v) is 2.97. The van der Waals surface area contributed by atoms with E-state index < -0.39 is 0 Å². The van der Waals surface area contributed by atoms with Crippen LogP contribution in [0.3, 0.4) is 0 Å². The van der Waals surface area contributed by atoms with E-state index in [9.17, 15) is 4.79 Å². The van der Waals surface area contributed by atoms with Gasteiger partial charge in [0.15, 0.2) is 0 Å². The summed E-state index contributed by atoms with van der Waals surface area (Å²) in [6.07, 6.45) is 4.34. The molecule has 0 spiro atoms. The number of aromatic nitrogens is 3. The molecule has 1 aliphatic rings. The zero-order valence-corrected chi connectivity index (χ0v) is 8.60. The van der Waals surface area contributed by atoms with Gasteiger partial charge in [0.25, 0.3) is 0 Å². The summed E-state index contributed by atoms with van der Waals surface area (Å²) in [6, 6.07) is 0. The summed E-state index contributed by atoms with van der Waals surface area (Å²) in [5.41, 5.74) is 0. The summed E-state index contributed by atoms with van der Waals surface area (Å²) >= 11 is 0. The van der Waals surface area contributed by atoms with Crippen LogP contribution in [0.15, 0.2) is 6.33 Å². The number of carbonyl (C=O) groups excluding carboxylic acids is 1. The third-order valence-electron chi connectivity index (χ3n) is 2.97. The van der Waals surface area contributed by atoms with Gasteiger partial charge in [-0.25, -0.2) is 4.98 Å². The molecule has 1 heterocycles. The maximum absolute atomic E-state index is 11.8. The number of hydrogen-bond donors (Lipinski definition) is 0. The molecule has 1 unspecified atom stereocenters. The molecule has 1 atom stereocenters. The smallest absolute Gasteiger partial charge is 0.143 e. The van der Waals surface area contributed by atoms with E-state index in [1.165, 1.54) is 19.2 Å². The van der Waals surface area contributed by atoms with Crippen LogP contribution in [0.2, 0.25) is 0 Å². The molecule has 0 N–H and O–H groups in total. The monoisotopic (exact) mass is 193 g/mol. The Balaban J connectivity index is 1.97. The minimum atomic E-state index is 0.201. The first-order valence-corrected chi connectivity index (χ1v) is 5.04. The second-order valence-corrected chi connectivity index (χ2v) is 4.07. The minimum absolute atomic E-state index is 0.201. The lowest BCUT2D eigenvalue weighted by Gasteiger charge is -2.07. The highest BCUT2D eigenvalue weighted by atomic mass is 16.1. The topological polar surface area (TPSA) is 47.8 Å². The Bertz CT molecular complexity index is 341. The van der Waals surface area contributed by atoms with Crippen LogP contribution in [0.25, 0.3) is 0 Å². The molecule has 1 saturated carbocycles. The second-order valence-electron chi connectivity index (χ2n) is 4.07. The van der Waals surface area contributed by atoms with Gasteiger partial charge in [-0.2, -0.15) is 5.10 Å². The fraction of sp³-hybridized carbons (Fsp3) is 0.700. The standard InChI is InChI=1S/C10H15N3O/c1-7(8-3-4-8)9(14)5-10-11-6-12-13(10)2/h6-8H,3-5H2,1-2H3. The summed E-state index contributed by atoms with van der Waals surface area (Å²) in [6.45, 7) is 2.02. The molecule has 0 bridgehead atoms. The van der Waals surface area contributed by atoms with E-state index in [1.807, 2.05) is 14.0 Å². The molecule has 0 radical (unpaired) electrons. The van der Waals surface area contributed by atoms with Gasteiger partial charge in [-0.3, -0.25) is 9.48 Å². The maximum Gasteiger partial charge on any atom is 0.143 e. The van der Waals surface area contributed by atoms with E-state index in [4.69, 9.17) is 0 Å². The molecule has 4 nitrogen and oxygen atoms in total. The maximum atomic E-state index is 11.8. The average molecular weight is 193 g/mol. The van der Waals surface area contributed by atoms with Crippen LogP contribution >= 0.6 is 0 Å². The fourth-order valence-electron chi connectivity index (χ4n) is 1.66. The lowest BCUT2D eigenvalue weighted by Crippen LogP contribution is -2.17. The minimum Gasteiger partial charge on any atom is -0.299 e. The summed E-state index contributed by atoms with van der Waals surface area (Å²) in [7, 11) is 1.82. The van der Waals surface area contributed by atoms with Gasteiger partial charge in [-0.15, -0.1) is 0 Å². The molecule has 0 amide bonds. The van der Waals surface area contributed by atoms with Gasteiger partial charge in [0.05, 0.1) is 6.42 Å². The summed E-state index contributed by atoms with van der Waals surface area (Å²) in [5.74, 6) is 1.90. The molecule has 1 aromatic rings. The van der Waals surface area contributed by atoms with Crippen molar-refractivity contribution >= 4 is 5.78 Å². The van der Waals surface area contributed by atoms with Crippen molar-refractivity contribution in [1.82, 2.24) is 14.8 Å². The van der Waals surface area contributed by atoms with E-state index in [2.05, 4.69) is 10.1 Å². The van der Waals surface area contributed by atoms with Crippen LogP contribution in [0, 0.1) is 11.8 Å². The average Bonchev–Trinajstić information content (AvgIpc) is 2.92. The quantitative estimate of drug-likeness (QED) is 0.716.